The van der Waals surface area contributed by atoms with Gasteiger partial charge in [-0.3, -0.25) is 0 Å². The van der Waals surface area contributed by atoms with Gasteiger partial charge in [-0.1, -0.05) is 152 Å². The molecule has 0 amide bonds. The number of para-hydroxylation sites is 4. The van der Waals surface area contributed by atoms with Crippen LogP contribution in [0.3, 0.4) is 0 Å². The van der Waals surface area contributed by atoms with Gasteiger partial charge in [0, 0.05) is 50.5 Å². The molecule has 13 aromatic rings. The second-order valence-electron chi connectivity index (χ2n) is 18.0. The smallest absolute Gasteiger partial charge is 0.260 e. The largest absolute Gasteiger partial charge is 0.458 e. The van der Waals surface area contributed by atoms with Gasteiger partial charge in [-0.2, -0.15) is 0 Å². The van der Waals surface area contributed by atoms with Gasteiger partial charge in [0.1, 0.15) is 23.0 Å². The Hall–Kier alpha value is -8.80. The molecule has 0 fully saturated rings. The number of hydrogen-bond donors (Lipinski definition) is 0. The maximum absolute atomic E-state index is 7.18. The van der Waals surface area contributed by atoms with E-state index in [9.17, 15) is 0 Å². The molecule has 2 aromatic heterocycles. The van der Waals surface area contributed by atoms with Crippen LogP contribution in [0.2, 0.25) is 0 Å². The number of ether oxygens (including phenoxy) is 2. The number of rotatable bonds is 4. The zero-order valence-electron chi connectivity index (χ0n) is 36.2. The Morgan fingerprint density at radius 1 is 0.299 bits per heavy atom. The summed E-state index contributed by atoms with van der Waals surface area (Å²) in [5.41, 5.74) is 14.6. The van der Waals surface area contributed by atoms with Crippen LogP contribution >= 0.6 is 0 Å². The molecular formula is C62H37BN2O2. The summed E-state index contributed by atoms with van der Waals surface area (Å²) in [5, 5.41) is 9.84. The molecule has 0 spiro atoms. The Morgan fingerprint density at radius 3 is 1.19 bits per heavy atom. The third-order valence-electron chi connectivity index (χ3n) is 14.4. The summed E-state index contributed by atoms with van der Waals surface area (Å²) in [7, 11) is 0. The molecule has 4 heterocycles. The molecule has 0 N–H and O–H groups in total. The Labute approximate surface area is 386 Å². The van der Waals surface area contributed by atoms with Crippen LogP contribution < -0.4 is 25.9 Å². The molecule has 15 rings (SSSR count). The predicted molar refractivity (Wildman–Crippen MR) is 279 cm³/mol. The van der Waals surface area contributed by atoms with Crippen LogP contribution in [0.25, 0.3) is 98.8 Å². The van der Waals surface area contributed by atoms with Crippen LogP contribution in [-0.2, 0) is 0 Å². The van der Waals surface area contributed by atoms with Gasteiger partial charge in [-0.05, 0) is 115 Å². The molecule has 4 nitrogen and oxygen atoms in total. The lowest BCUT2D eigenvalue weighted by molar-refractivity contribution is 0.465. The zero-order chi connectivity index (χ0) is 43.7. The minimum absolute atomic E-state index is 0.112. The van der Waals surface area contributed by atoms with Gasteiger partial charge in [0.2, 0.25) is 0 Å². The normalized spacial score (nSPS) is 12.7. The molecule has 0 radical (unpaired) electrons. The van der Waals surface area contributed by atoms with E-state index >= 15 is 0 Å². The molecule has 0 aliphatic carbocycles. The summed E-state index contributed by atoms with van der Waals surface area (Å²) in [4.78, 5) is 0. The van der Waals surface area contributed by atoms with Crippen molar-refractivity contribution in [2.75, 3.05) is 0 Å². The highest BCUT2D eigenvalue weighted by atomic mass is 16.5. The van der Waals surface area contributed by atoms with Crippen molar-refractivity contribution in [2.24, 2.45) is 0 Å². The topological polar surface area (TPSA) is 28.3 Å². The highest BCUT2D eigenvalue weighted by Gasteiger charge is 2.41. The van der Waals surface area contributed by atoms with Gasteiger partial charge in [-0.25, -0.2) is 0 Å². The van der Waals surface area contributed by atoms with Gasteiger partial charge >= 0.3 is 0 Å². The fourth-order valence-electron chi connectivity index (χ4n) is 11.5. The van der Waals surface area contributed by atoms with Crippen LogP contribution in [0, 0.1) is 0 Å². The first-order valence-corrected chi connectivity index (χ1v) is 23.0. The zero-order valence-corrected chi connectivity index (χ0v) is 36.2. The Kier molecular flexibility index (Phi) is 7.55. The molecule has 0 saturated carbocycles. The fraction of sp³-hybridized carbons (Fsp3) is 0. The van der Waals surface area contributed by atoms with E-state index < -0.39 is 0 Å². The van der Waals surface area contributed by atoms with Crippen molar-refractivity contribution in [1.82, 2.24) is 9.13 Å². The summed E-state index contributed by atoms with van der Waals surface area (Å²) in [6.45, 7) is -0.112. The van der Waals surface area contributed by atoms with Crippen LogP contribution in [0.5, 0.6) is 23.0 Å². The highest BCUT2D eigenvalue weighted by molar-refractivity contribution is 6.98. The summed E-state index contributed by atoms with van der Waals surface area (Å²) < 4.78 is 19.1. The van der Waals surface area contributed by atoms with Crippen molar-refractivity contribution < 1.29 is 9.47 Å². The van der Waals surface area contributed by atoms with E-state index in [0.717, 1.165) is 84.0 Å². The first-order valence-electron chi connectivity index (χ1n) is 23.0. The van der Waals surface area contributed by atoms with Gasteiger partial charge < -0.3 is 18.6 Å². The second-order valence-corrected chi connectivity index (χ2v) is 18.0. The minimum Gasteiger partial charge on any atom is -0.458 e. The third kappa shape index (κ3) is 5.31. The first-order chi connectivity index (χ1) is 33.2. The second kappa shape index (κ2) is 13.9. The van der Waals surface area contributed by atoms with Crippen molar-refractivity contribution in [3.63, 3.8) is 0 Å². The van der Waals surface area contributed by atoms with Crippen molar-refractivity contribution in [3.8, 4) is 56.6 Å². The van der Waals surface area contributed by atoms with Gasteiger partial charge in [0.25, 0.3) is 6.71 Å². The van der Waals surface area contributed by atoms with Crippen molar-refractivity contribution >= 4 is 88.3 Å². The van der Waals surface area contributed by atoms with Gasteiger partial charge in [0.05, 0.1) is 22.1 Å². The molecule has 0 saturated heterocycles. The summed E-state index contributed by atoms with van der Waals surface area (Å²) >= 11 is 0. The maximum Gasteiger partial charge on any atom is 0.260 e. The van der Waals surface area contributed by atoms with E-state index in [1.165, 1.54) is 54.2 Å². The minimum atomic E-state index is -0.112. The monoisotopic (exact) mass is 852 g/mol. The lowest BCUT2D eigenvalue weighted by Gasteiger charge is -2.34. The van der Waals surface area contributed by atoms with Crippen LogP contribution in [0.1, 0.15) is 0 Å². The summed E-state index contributed by atoms with van der Waals surface area (Å²) in [5.74, 6) is 3.30. The van der Waals surface area contributed by atoms with Gasteiger partial charge in [0.15, 0.2) is 0 Å². The van der Waals surface area contributed by atoms with Gasteiger partial charge in [-0.15, -0.1) is 0 Å². The average Bonchev–Trinajstić information content (AvgIpc) is 3.90. The average molecular weight is 853 g/mol. The van der Waals surface area contributed by atoms with E-state index in [2.05, 4.69) is 234 Å². The quantitative estimate of drug-likeness (QED) is 0.130. The van der Waals surface area contributed by atoms with E-state index in [4.69, 9.17) is 9.47 Å². The number of benzene rings is 11. The number of fused-ring (bicyclic) bond motifs is 12. The van der Waals surface area contributed by atoms with E-state index in [1.807, 2.05) is 0 Å². The summed E-state index contributed by atoms with van der Waals surface area (Å²) in [6.07, 6.45) is 0. The van der Waals surface area contributed by atoms with E-state index in [-0.39, 0.29) is 6.71 Å². The number of aromatic nitrogens is 2. The molecule has 0 atom stereocenters. The highest BCUT2D eigenvalue weighted by Crippen LogP contribution is 2.43. The molecule has 2 aliphatic heterocycles. The molecular weight excluding hydrogens is 816 g/mol. The van der Waals surface area contributed by atoms with Crippen molar-refractivity contribution in [1.29, 1.82) is 0 Å². The van der Waals surface area contributed by atoms with Crippen molar-refractivity contribution in [2.45, 2.75) is 0 Å². The molecule has 310 valence electrons. The van der Waals surface area contributed by atoms with Crippen LogP contribution in [0.15, 0.2) is 224 Å². The number of hydrogen-bond acceptors (Lipinski definition) is 2. The standard InChI is InChI=1S/C62H37BN2O2/c1-3-18-45-39(14-1)33-40-15-2-4-19-46(40)61(45)41-17-13-16-38(32-41)42-34-59-62-60(35-42)67-58-37-44(65-55-26-11-7-22-49(55)50-23-8-12-27-56(50)65)29-31-52(58)63(62)51-30-28-43(36-57(51)66-59)64-53-24-9-5-20-47(53)48-21-6-10-25-54(48)64/h1-37H. The SMILES string of the molecule is c1cc(-c2cc3c4c(c2)Oc2cc(-n5c6ccccc6c6ccccc65)ccc2B4c2ccc(-n4c5ccccc5c5ccccc54)cc2O3)cc(-c2c3ccccc3cc3ccccc23)c1. The summed E-state index contributed by atoms with van der Waals surface area (Å²) in [6, 6.07) is 81.3. The van der Waals surface area contributed by atoms with Crippen molar-refractivity contribution in [3.05, 3.63) is 224 Å². The number of nitrogens with zero attached hydrogens (tertiary/aromatic N) is 2. The molecule has 0 unspecified atom stereocenters. The lowest BCUT2D eigenvalue weighted by atomic mass is 9.35. The Morgan fingerprint density at radius 2 is 0.716 bits per heavy atom. The first kappa shape index (κ1) is 36.5. The molecule has 5 heteroatoms. The van der Waals surface area contributed by atoms with Crippen LogP contribution in [-0.4, -0.2) is 15.8 Å². The Balaban J connectivity index is 0.937. The molecule has 11 aromatic carbocycles. The lowest BCUT2D eigenvalue weighted by Crippen LogP contribution is -2.57. The fourth-order valence-corrected chi connectivity index (χ4v) is 11.5. The van der Waals surface area contributed by atoms with Crippen LogP contribution in [0.4, 0.5) is 0 Å². The maximum atomic E-state index is 7.18. The Bertz CT molecular complexity index is 3910. The van der Waals surface area contributed by atoms with E-state index in [0.29, 0.717) is 0 Å². The van der Waals surface area contributed by atoms with E-state index in [1.54, 1.807) is 0 Å². The predicted octanol–water partition coefficient (Wildman–Crippen LogP) is 14.2. The molecule has 67 heavy (non-hydrogen) atoms. The molecule has 2 aliphatic rings. The third-order valence-corrected chi connectivity index (χ3v) is 14.4. The molecule has 0 bridgehead atoms.